The Hall–Kier alpha value is -2.69. The van der Waals surface area contributed by atoms with Crippen LogP contribution in [0.25, 0.3) is 5.69 Å². The minimum Gasteiger partial charge on any atom is -0.325 e. The highest BCUT2D eigenvalue weighted by Gasteiger charge is 2.25. The monoisotopic (exact) mass is 485 g/mol. The number of carbonyl (C=O) groups excluding carboxylic acids is 1. The standard InChI is InChI=1S/C23H27N5O3S2/c1-17-6-10-20(11-7-17)28-18(2)25-26-23(28)32-16-22(29)24-19-8-12-21(13-9-19)33(30,31)27-14-4-3-5-15-27/h6-13H,3-5,14-16H2,1-2H3,(H,24,29). The van der Waals surface area contributed by atoms with E-state index in [1.807, 2.05) is 42.7 Å². The van der Waals surface area contributed by atoms with Crippen LogP contribution in [0.15, 0.2) is 58.6 Å². The molecule has 174 valence electrons. The Balaban J connectivity index is 1.38. The average Bonchev–Trinajstić information content (AvgIpc) is 3.19. The first-order chi connectivity index (χ1) is 15.8. The highest BCUT2D eigenvalue weighted by Crippen LogP contribution is 2.24. The topological polar surface area (TPSA) is 97.2 Å². The Morgan fingerprint density at radius 3 is 2.30 bits per heavy atom. The summed E-state index contributed by atoms with van der Waals surface area (Å²) in [6, 6.07) is 14.4. The summed E-state index contributed by atoms with van der Waals surface area (Å²) in [5.41, 5.74) is 2.65. The minimum absolute atomic E-state index is 0.151. The Bertz CT molecular complexity index is 1220. The number of nitrogens with one attached hydrogen (secondary N) is 1. The van der Waals surface area contributed by atoms with Crippen LogP contribution in [0.3, 0.4) is 0 Å². The molecule has 0 saturated carbocycles. The third kappa shape index (κ3) is 5.45. The smallest absolute Gasteiger partial charge is 0.243 e. The number of amides is 1. The zero-order valence-corrected chi connectivity index (χ0v) is 20.3. The highest BCUT2D eigenvalue weighted by molar-refractivity contribution is 7.99. The van der Waals surface area contributed by atoms with Crippen LogP contribution in [-0.4, -0.2) is 52.2 Å². The van der Waals surface area contributed by atoms with Gasteiger partial charge in [0, 0.05) is 24.5 Å². The van der Waals surface area contributed by atoms with E-state index < -0.39 is 10.0 Å². The van der Waals surface area contributed by atoms with Crippen LogP contribution in [0.2, 0.25) is 0 Å². The highest BCUT2D eigenvalue weighted by atomic mass is 32.2. The lowest BCUT2D eigenvalue weighted by Crippen LogP contribution is -2.35. The number of benzene rings is 2. The van der Waals surface area contributed by atoms with Gasteiger partial charge in [-0.25, -0.2) is 8.42 Å². The normalized spacial score (nSPS) is 14.8. The van der Waals surface area contributed by atoms with Crippen molar-refractivity contribution in [2.24, 2.45) is 0 Å². The van der Waals surface area contributed by atoms with Crippen molar-refractivity contribution in [1.29, 1.82) is 0 Å². The SMILES string of the molecule is Cc1ccc(-n2c(C)nnc2SCC(=O)Nc2ccc(S(=O)(=O)N3CCCCC3)cc2)cc1. The number of piperidine rings is 1. The molecule has 1 fully saturated rings. The van der Waals surface area contributed by atoms with Crippen molar-refractivity contribution < 1.29 is 13.2 Å². The van der Waals surface area contributed by atoms with E-state index in [0.29, 0.717) is 23.9 Å². The fraction of sp³-hybridized carbons (Fsp3) is 0.348. The Morgan fingerprint density at radius 1 is 0.970 bits per heavy atom. The van der Waals surface area contributed by atoms with E-state index in [2.05, 4.69) is 15.5 Å². The van der Waals surface area contributed by atoms with Crippen LogP contribution in [0.4, 0.5) is 5.69 Å². The molecule has 1 aromatic heterocycles. The molecule has 3 aromatic rings. The number of nitrogens with zero attached hydrogens (tertiary/aromatic N) is 4. The minimum atomic E-state index is -3.49. The lowest BCUT2D eigenvalue weighted by Gasteiger charge is -2.25. The molecule has 0 atom stereocenters. The summed E-state index contributed by atoms with van der Waals surface area (Å²) in [6.07, 6.45) is 2.85. The Kier molecular flexibility index (Phi) is 7.16. The summed E-state index contributed by atoms with van der Waals surface area (Å²) in [4.78, 5) is 12.7. The van der Waals surface area contributed by atoms with Crippen molar-refractivity contribution in [3.63, 3.8) is 0 Å². The molecule has 1 N–H and O–H groups in total. The molecule has 1 saturated heterocycles. The van der Waals surface area contributed by atoms with E-state index in [1.54, 1.807) is 24.3 Å². The second-order valence-corrected chi connectivity index (χ2v) is 10.9. The number of hydrogen-bond acceptors (Lipinski definition) is 6. The number of aryl methyl sites for hydroxylation is 2. The second kappa shape index (κ2) is 10.1. The first-order valence-electron chi connectivity index (χ1n) is 10.9. The van der Waals surface area contributed by atoms with Gasteiger partial charge in [-0.3, -0.25) is 9.36 Å². The molecule has 1 amide bonds. The molecule has 0 bridgehead atoms. The van der Waals surface area contributed by atoms with Gasteiger partial charge in [-0.15, -0.1) is 10.2 Å². The van der Waals surface area contributed by atoms with Crippen LogP contribution in [0, 0.1) is 13.8 Å². The van der Waals surface area contributed by atoms with Gasteiger partial charge in [-0.1, -0.05) is 35.9 Å². The van der Waals surface area contributed by atoms with Crippen LogP contribution in [0.1, 0.15) is 30.7 Å². The molecule has 8 nitrogen and oxygen atoms in total. The molecule has 1 aliphatic rings. The molecular weight excluding hydrogens is 458 g/mol. The van der Waals surface area contributed by atoms with Gasteiger partial charge in [-0.2, -0.15) is 4.31 Å². The lowest BCUT2D eigenvalue weighted by atomic mass is 10.2. The van der Waals surface area contributed by atoms with Gasteiger partial charge in [0.25, 0.3) is 0 Å². The summed E-state index contributed by atoms with van der Waals surface area (Å²) in [7, 11) is -3.49. The Labute approximate surface area is 198 Å². The molecule has 2 aromatic carbocycles. The molecule has 0 unspecified atom stereocenters. The van der Waals surface area contributed by atoms with Crippen molar-refractivity contribution in [3.8, 4) is 5.69 Å². The maximum Gasteiger partial charge on any atom is 0.243 e. The quantitative estimate of drug-likeness (QED) is 0.512. The second-order valence-electron chi connectivity index (χ2n) is 8.03. The van der Waals surface area contributed by atoms with Crippen molar-refractivity contribution in [2.75, 3.05) is 24.2 Å². The Morgan fingerprint density at radius 2 is 1.64 bits per heavy atom. The number of hydrogen-bond donors (Lipinski definition) is 1. The maximum absolute atomic E-state index is 12.8. The third-order valence-electron chi connectivity index (χ3n) is 5.51. The fourth-order valence-electron chi connectivity index (χ4n) is 3.72. The van der Waals surface area contributed by atoms with Gasteiger partial charge in [0.1, 0.15) is 5.82 Å². The summed E-state index contributed by atoms with van der Waals surface area (Å²) in [6.45, 7) is 5.02. The third-order valence-corrected chi connectivity index (χ3v) is 8.35. The first kappa shape index (κ1) is 23.5. The van der Waals surface area contributed by atoms with Gasteiger partial charge in [0.15, 0.2) is 5.16 Å². The van der Waals surface area contributed by atoms with Crippen molar-refractivity contribution in [1.82, 2.24) is 19.1 Å². The summed E-state index contributed by atoms with van der Waals surface area (Å²) in [5.74, 6) is 0.688. The van der Waals surface area contributed by atoms with Gasteiger partial charge < -0.3 is 5.32 Å². The van der Waals surface area contributed by atoms with Crippen LogP contribution < -0.4 is 5.32 Å². The van der Waals surface area contributed by atoms with E-state index in [4.69, 9.17) is 0 Å². The van der Waals surface area contributed by atoms with Gasteiger partial charge in [0.05, 0.1) is 10.6 Å². The molecule has 4 rings (SSSR count). The van der Waals surface area contributed by atoms with Gasteiger partial charge in [-0.05, 0) is 63.1 Å². The van der Waals surface area contributed by atoms with Gasteiger partial charge >= 0.3 is 0 Å². The summed E-state index contributed by atoms with van der Waals surface area (Å²) >= 11 is 1.30. The van der Waals surface area contributed by atoms with E-state index in [-0.39, 0.29) is 16.6 Å². The molecular formula is C23H27N5O3S2. The fourth-order valence-corrected chi connectivity index (χ4v) is 6.03. The van der Waals surface area contributed by atoms with E-state index in [1.165, 1.54) is 16.1 Å². The predicted molar refractivity (Wildman–Crippen MR) is 129 cm³/mol. The molecule has 0 radical (unpaired) electrons. The number of rotatable bonds is 7. The van der Waals surface area contributed by atoms with E-state index >= 15 is 0 Å². The number of carbonyl (C=O) groups is 1. The predicted octanol–water partition coefficient (Wildman–Crippen LogP) is 3.79. The van der Waals surface area contributed by atoms with Crippen molar-refractivity contribution in [3.05, 3.63) is 59.9 Å². The molecule has 10 heteroatoms. The molecule has 0 spiro atoms. The number of aromatic nitrogens is 3. The van der Waals surface area contributed by atoms with Gasteiger partial charge in [0.2, 0.25) is 15.9 Å². The molecule has 2 heterocycles. The molecule has 33 heavy (non-hydrogen) atoms. The van der Waals surface area contributed by atoms with Crippen LogP contribution >= 0.6 is 11.8 Å². The maximum atomic E-state index is 12.8. The van der Waals surface area contributed by atoms with E-state index in [0.717, 1.165) is 36.3 Å². The summed E-state index contributed by atoms with van der Waals surface area (Å²) in [5, 5.41) is 11.8. The van der Waals surface area contributed by atoms with Crippen LogP contribution in [-0.2, 0) is 14.8 Å². The zero-order chi connectivity index (χ0) is 23.4. The van der Waals surface area contributed by atoms with Crippen molar-refractivity contribution in [2.45, 2.75) is 43.2 Å². The number of thioether (sulfide) groups is 1. The molecule has 0 aliphatic carbocycles. The van der Waals surface area contributed by atoms with Crippen LogP contribution in [0.5, 0.6) is 0 Å². The average molecular weight is 486 g/mol. The molecule has 1 aliphatic heterocycles. The number of sulfonamides is 1. The largest absolute Gasteiger partial charge is 0.325 e. The van der Waals surface area contributed by atoms with Crippen molar-refractivity contribution >= 4 is 33.4 Å². The number of anilines is 1. The van der Waals surface area contributed by atoms with E-state index in [9.17, 15) is 13.2 Å². The lowest BCUT2D eigenvalue weighted by molar-refractivity contribution is -0.113. The zero-order valence-electron chi connectivity index (χ0n) is 18.7. The summed E-state index contributed by atoms with van der Waals surface area (Å²) < 4.78 is 29.0. The first-order valence-corrected chi connectivity index (χ1v) is 13.3.